The lowest BCUT2D eigenvalue weighted by atomic mass is 10.3. The molecule has 0 bridgehead atoms. The van der Waals surface area contributed by atoms with Crippen LogP contribution in [0.25, 0.3) is 11.1 Å². The fraction of sp³-hybridized carbons (Fsp3) is 0.222. The van der Waals surface area contributed by atoms with E-state index in [4.69, 9.17) is 33.4 Å². The largest absolute Gasteiger partial charge is 0.437 e. The molecule has 0 aliphatic rings. The van der Waals surface area contributed by atoms with E-state index in [1.807, 2.05) is 0 Å². The highest BCUT2D eigenvalue weighted by molar-refractivity contribution is 6.37. The number of halogens is 2. The molecule has 1 heterocycles. The number of nitrogens with zero attached hydrogens (tertiary/aromatic N) is 1. The molecule has 14 heavy (non-hydrogen) atoms. The molecule has 1 aromatic heterocycles. The van der Waals surface area contributed by atoms with Gasteiger partial charge in [-0.15, -0.1) is 0 Å². The summed E-state index contributed by atoms with van der Waals surface area (Å²) in [6.45, 7) is 1.79. The Balaban J connectivity index is 2.70. The van der Waals surface area contributed by atoms with Crippen molar-refractivity contribution in [2.75, 3.05) is 0 Å². The quantitative estimate of drug-likeness (QED) is 0.819. The number of hydrogen-bond donors (Lipinski definition) is 1. The predicted molar refractivity (Wildman–Crippen MR) is 56.6 cm³/mol. The second kappa shape index (κ2) is 3.42. The van der Waals surface area contributed by atoms with Gasteiger partial charge < -0.3 is 10.2 Å². The zero-order valence-electron chi connectivity index (χ0n) is 7.42. The number of fused-ring (bicyclic) bond motifs is 1. The minimum absolute atomic E-state index is 0.253. The average molecular weight is 231 g/mol. The summed E-state index contributed by atoms with van der Waals surface area (Å²) in [4.78, 5) is 4.17. The molecule has 2 aromatic rings. The van der Waals surface area contributed by atoms with Crippen LogP contribution in [0.5, 0.6) is 0 Å². The lowest BCUT2D eigenvalue weighted by Crippen LogP contribution is -2.04. The lowest BCUT2D eigenvalue weighted by Gasteiger charge is -1.94. The first-order valence-electron chi connectivity index (χ1n) is 4.09. The Morgan fingerprint density at radius 1 is 1.43 bits per heavy atom. The third kappa shape index (κ3) is 1.59. The van der Waals surface area contributed by atoms with Crippen molar-refractivity contribution < 1.29 is 4.42 Å². The van der Waals surface area contributed by atoms with Crippen LogP contribution >= 0.6 is 23.2 Å². The molecule has 0 fully saturated rings. The summed E-state index contributed by atoms with van der Waals surface area (Å²) >= 11 is 11.7. The van der Waals surface area contributed by atoms with Crippen molar-refractivity contribution in [1.82, 2.24) is 4.98 Å². The molecule has 1 unspecified atom stereocenters. The molecular weight excluding hydrogens is 223 g/mol. The van der Waals surface area contributed by atoms with Gasteiger partial charge in [-0.25, -0.2) is 4.98 Å². The van der Waals surface area contributed by atoms with Crippen molar-refractivity contribution >= 4 is 34.3 Å². The number of hydrogen-bond acceptors (Lipinski definition) is 3. The van der Waals surface area contributed by atoms with Crippen molar-refractivity contribution in [3.8, 4) is 0 Å². The van der Waals surface area contributed by atoms with E-state index in [0.29, 0.717) is 27.0 Å². The van der Waals surface area contributed by atoms with E-state index >= 15 is 0 Å². The minimum Gasteiger partial charge on any atom is -0.437 e. The molecule has 0 radical (unpaired) electrons. The zero-order chi connectivity index (χ0) is 10.3. The van der Waals surface area contributed by atoms with E-state index in [0.717, 1.165) is 0 Å². The molecule has 2 rings (SSSR count). The molecule has 1 aromatic carbocycles. The summed E-state index contributed by atoms with van der Waals surface area (Å²) < 4.78 is 5.39. The number of rotatable bonds is 1. The van der Waals surface area contributed by atoms with Gasteiger partial charge >= 0.3 is 0 Å². The number of nitrogens with two attached hydrogens (primary N) is 1. The van der Waals surface area contributed by atoms with E-state index < -0.39 is 0 Å². The molecule has 0 saturated carbocycles. The summed E-state index contributed by atoms with van der Waals surface area (Å²) in [6, 6.07) is 3.05. The first-order chi connectivity index (χ1) is 6.58. The van der Waals surface area contributed by atoms with Crippen molar-refractivity contribution in [2.45, 2.75) is 13.0 Å². The van der Waals surface area contributed by atoms with E-state index in [9.17, 15) is 0 Å². The fourth-order valence-corrected chi connectivity index (χ4v) is 1.69. The number of aromatic nitrogens is 1. The normalized spacial score (nSPS) is 13.4. The van der Waals surface area contributed by atoms with Crippen LogP contribution in [0.2, 0.25) is 10.0 Å². The SMILES string of the molecule is CC(N)c1nc2cc(Cl)cc(Cl)c2o1. The summed E-state index contributed by atoms with van der Waals surface area (Å²) in [6.07, 6.45) is 0. The van der Waals surface area contributed by atoms with E-state index in [2.05, 4.69) is 4.98 Å². The number of oxazole rings is 1. The Kier molecular flexibility index (Phi) is 2.39. The van der Waals surface area contributed by atoms with Crippen molar-refractivity contribution in [3.05, 3.63) is 28.1 Å². The monoisotopic (exact) mass is 230 g/mol. The molecule has 0 saturated heterocycles. The van der Waals surface area contributed by atoms with Crippen LogP contribution in [-0.2, 0) is 0 Å². The van der Waals surface area contributed by atoms with Gasteiger partial charge in [-0.1, -0.05) is 23.2 Å². The Morgan fingerprint density at radius 2 is 2.14 bits per heavy atom. The van der Waals surface area contributed by atoms with Gasteiger partial charge in [0.15, 0.2) is 5.58 Å². The average Bonchev–Trinajstić information content (AvgIpc) is 2.47. The Bertz CT molecular complexity index is 479. The third-order valence-corrected chi connectivity index (χ3v) is 2.31. The first-order valence-corrected chi connectivity index (χ1v) is 4.84. The maximum Gasteiger partial charge on any atom is 0.212 e. The van der Waals surface area contributed by atoms with Gasteiger partial charge in [0, 0.05) is 5.02 Å². The van der Waals surface area contributed by atoms with Crippen LogP contribution in [-0.4, -0.2) is 4.98 Å². The highest BCUT2D eigenvalue weighted by Crippen LogP contribution is 2.29. The summed E-state index contributed by atoms with van der Waals surface area (Å²) in [5.41, 5.74) is 6.80. The summed E-state index contributed by atoms with van der Waals surface area (Å²) in [5.74, 6) is 0.462. The van der Waals surface area contributed by atoms with Crippen LogP contribution in [0.1, 0.15) is 18.9 Å². The van der Waals surface area contributed by atoms with Crippen molar-refractivity contribution in [2.24, 2.45) is 5.73 Å². The Labute approximate surface area is 90.8 Å². The predicted octanol–water partition coefficient (Wildman–Crippen LogP) is 3.15. The molecular formula is C9H8Cl2N2O. The molecule has 74 valence electrons. The molecule has 2 N–H and O–H groups in total. The van der Waals surface area contributed by atoms with E-state index in [1.54, 1.807) is 19.1 Å². The van der Waals surface area contributed by atoms with Crippen molar-refractivity contribution in [3.63, 3.8) is 0 Å². The van der Waals surface area contributed by atoms with Crippen LogP contribution in [0.3, 0.4) is 0 Å². The molecule has 0 amide bonds. The summed E-state index contributed by atoms with van der Waals surface area (Å²) in [7, 11) is 0. The maximum absolute atomic E-state index is 5.92. The van der Waals surface area contributed by atoms with Crippen molar-refractivity contribution in [1.29, 1.82) is 0 Å². The van der Waals surface area contributed by atoms with Crippen LogP contribution in [0.4, 0.5) is 0 Å². The first kappa shape index (κ1) is 9.77. The standard InChI is InChI=1S/C9H8Cl2N2O/c1-4(12)9-13-7-3-5(10)2-6(11)8(7)14-9/h2-4H,12H2,1H3. The van der Waals surface area contributed by atoms with Gasteiger partial charge in [0.05, 0.1) is 11.1 Å². The highest BCUT2D eigenvalue weighted by atomic mass is 35.5. The molecule has 0 aliphatic heterocycles. The lowest BCUT2D eigenvalue weighted by molar-refractivity contribution is 0.493. The molecule has 5 heteroatoms. The zero-order valence-corrected chi connectivity index (χ0v) is 8.93. The summed E-state index contributed by atoms with van der Waals surface area (Å²) in [5, 5.41) is 0.985. The number of benzene rings is 1. The molecule has 0 spiro atoms. The molecule has 0 aliphatic carbocycles. The van der Waals surface area contributed by atoms with Crippen LogP contribution in [0, 0.1) is 0 Å². The van der Waals surface area contributed by atoms with Gasteiger partial charge in [-0.2, -0.15) is 0 Å². The van der Waals surface area contributed by atoms with E-state index in [-0.39, 0.29) is 6.04 Å². The topological polar surface area (TPSA) is 52.0 Å². The van der Waals surface area contributed by atoms with Gasteiger partial charge in [0.1, 0.15) is 5.52 Å². The van der Waals surface area contributed by atoms with Gasteiger partial charge in [-0.05, 0) is 19.1 Å². The second-order valence-corrected chi connectivity index (χ2v) is 3.92. The highest BCUT2D eigenvalue weighted by Gasteiger charge is 2.12. The van der Waals surface area contributed by atoms with Crippen LogP contribution in [0.15, 0.2) is 16.5 Å². The third-order valence-electron chi connectivity index (χ3n) is 1.82. The Hall–Kier alpha value is -0.770. The molecule has 1 atom stereocenters. The molecule has 3 nitrogen and oxygen atoms in total. The maximum atomic E-state index is 5.92. The van der Waals surface area contributed by atoms with Gasteiger partial charge in [0.2, 0.25) is 5.89 Å². The van der Waals surface area contributed by atoms with E-state index in [1.165, 1.54) is 0 Å². The van der Waals surface area contributed by atoms with Crippen LogP contribution < -0.4 is 5.73 Å². The fourth-order valence-electron chi connectivity index (χ4n) is 1.17. The smallest absolute Gasteiger partial charge is 0.212 e. The minimum atomic E-state index is -0.253. The van der Waals surface area contributed by atoms with Gasteiger partial charge in [0.25, 0.3) is 0 Å². The van der Waals surface area contributed by atoms with Gasteiger partial charge in [-0.3, -0.25) is 0 Å². The second-order valence-electron chi connectivity index (χ2n) is 3.08. The Morgan fingerprint density at radius 3 is 2.79 bits per heavy atom.